The van der Waals surface area contributed by atoms with Crippen molar-refractivity contribution in [1.29, 1.82) is 5.26 Å². The van der Waals surface area contributed by atoms with Crippen molar-refractivity contribution in [3.63, 3.8) is 0 Å². The Hall–Kier alpha value is -2.45. The van der Waals surface area contributed by atoms with Crippen molar-refractivity contribution in [3.05, 3.63) is 64.8 Å². The van der Waals surface area contributed by atoms with Crippen LogP contribution in [-0.2, 0) is 9.84 Å². The van der Waals surface area contributed by atoms with Gasteiger partial charge in [0.25, 0.3) is 0 Å². The molecule has 5 heteroatoms. The summed E-state index contributed by atoms with van der Waals surface area (Å²) in [6.07, 6.45) is 4.40. The first-order valence-corrected chi connectivity index (χ1v) is 7.36. The van der Waals surface area contributed by atoms with Crippen molar-refractivity contribution in [2.75, 3.05) is 0 Å². The summed E-state index contributed by atoms with van der Waals surface area (Å²) in [5.41, 5.74) is 1.53. The van der Waals surface area contributed by atoms with Gasteiger partial charge in [-0.15, -0.1) is 0 Å². The molecule has 0 saturated carbocycles. The number of rotatable bonds is 3. The highest BCUT2D eigenvalue weighted by Gasteiger charge is 2.20. The van der Waals surface area contributed by atoms with Crippen molar-refractivity contribution in [2.45, 2.75) is 11.8 Å². The lowest BCUT2D eigenvalue weighted by Crippen LogP contribution is -2.03. The van der Waals surface area contributed by atoms with Crippen molar-refractivity contribution in [1.82, 2.24) is 4.98 Å². The highest BCUT2D eigenvalue weighted by Crippen LogP contribution is 2.21. The van der Waals surface area contributed by atoms with E-state index in [1.165, 1.54) is 24.4 Å². The second-order valence-corrected chi connectivity index (χ2v) is 6.14. The zero-order valence-electron chi connectivity index (χ0n) is 10.8. The minimum atomic E-state index is -3.79. The first-order valence-electron chi connectivity index (χ1n) is 5.87. The molecule has 100 valence electrons. The molecule has 0 N–H and O–H groups in total. The van der Waals surface area contributed by atoms with Gasteiger partial charge in [-0.1, -0.05) is 23.8 Å². The number of hydrogen-bond acceptors (Lipinski definition) is 4. The lowest BCUT2D eigenvalue weighted by Gasteiger charge is -2.03. The molecule has 20 heavy (non-hydrogen) atoms. The van der Waals surface area contributed by atoms with Gasteiger partial charge < -0.3 is 0 Å². The van der Waals surface area contributed by atoms with Crippen LogP contribution in [0.5, 0.6) is 0 Å². The largest absolute Gasteiger partial charge is 0.264 e. The first-order chi connectivity index (χ1) is 9.54. The molecule has 0 aliphatic rings. The molecule has 4 nitrogen and oxygen atoms in total. The number of allylic oxidation sites excluding steroid dienone is 1. The minimum Gasteiger partial charge on any atom is -0.264 e. The quantitative estimate of drug-likeness (QED) is 0.812. The molecule has 1 heterocycles. The van der Waals surface area contributed by atoms with E-state index < -0.39 is 9.84 Å². The van der Waals surface area contributed by atoms with Gasteiger partial charge in [0.1, 0.15) is 11.0 Å². The summed E-state index contributed by atoms with van der Waals surface area (Å²) in [6, 6.07) is 11.5. The lowest BCUT2D eigenvalue weighted by atomic mass is 10.2. The van der Waals surface area contributed by atoms with Gasteiger partial charge in [0.2, 0.25) is 9.84 Å². The van der Waals surface area contributed by atoms with Crippen LogP contribution in [0.25, 0.3) is 6.08 Å². The number of nitrogens with zero attached hydrogens (tertiary/aromatic N) is 2. The first kappa shape index (κ1) is 14.0. The fourth-order valence-electron chi connectivity index (χ4n) is 1.63. The topological polar surface area (TPSA) is 70.8 Å². The van der Waals surface area contributed by atoms with Crippen LogP contribution in [0, 0.1) is 18.3 Å². The average molecular weight is 284 g/mol. The number of aromatic nitrogens is 1. The SMILES string of the molecule is Cc1ccc(S(=O)(=O)/C(C#N)=C/c2cccnc2)cc1. The predicted molar refractivity (Wildman–Crippen MR) is 76.2 cm³/mol. The van der Waals surface area contributed by atoms with Crippen LogP contribution >= 0.6 is 0 Å². The second kappa shape index (κ2) is 5.68. The maximum Gasteiger partial charge on any atom is 0.216 e. The van der Waals surface area contributed by atoms with Crippen LogP contribution in [-0.4, -0.2) is 13.4 Å². The Labute approximate surface area is 117 Å². The number of sulfone groups is 1. The van der Waals surface area contributed by atoms with Gasteiger partial charge in [0, 0.05) is 12.4 Å². The van der Waals surface area contributed by atoms with Gasteiger partial charge in [0.05, 0.1) is 4.90 Å². The fraction of sp³-hybridized carbons (Fsp3) is 0.0667. The van der Waals surface area contributed by atoms with Crippen LogP contribution in [0.3, 0.4) is 0 Å². The molecule has 1 aromatic carbocycles. The third-order valence-electron chi connectivity index (χ3n) is 2.71. The number of pyridine rings is 1. The van der Waals surface area contributed by atoms with Gasteiger partial charge in [-0.25, -0.2) is 8.42 Å². The van der Waals surface area contributed by atoms with Crippen LogP contribution in [0.1, 0.15) is 11.1 Å². The standard InChI is InChI=1S/C15H12N2O2S/c1-12-4-6-14(7-5-12)20(18,19)15(10-16)9-13-3-2-8-17-11-13/h2-9,11H,1H3/b15-9+. The zero-order chi connectivity index (χ0) is 14.6. The fourth-order valence-corrected chi connectivity index (χ4v) is 2.79. The molecule has 0 aliphatic heterocycles. The van der Waals surface area contributed by atoms with Gasteiger partial charge in [-0.3, -0.25) is 4.98 Å². The number of hydrogen-bond donors (Lipinski definition) is 0. The van der Waals surface area contributed by atoms with Gasteiger partial charge in [-0.2, -0.15) is 5.26 Å². The van der Waals surface area contributed by atoms with E-state index in [1.807, 2.05) is 6.92 Å². The summed E-state index contributed by atoms with van der Waals surface area (Å²) < 4.78 is 24.7. The molecule has 0 atom stereocenters. The number of aryl methyl sites for hydroxylation is 1. The summed E-state index contributed by atoms with van der Waals surface area (Å²) in [6.45, 7) is 1.87. The van der Waals surface area contributed by atoms with Gasteiger partial charge >= 0.3 is 0 Å². The van der Waals surface area contributed by atoms with Gasteiger partial charge in [0.15, 0.2) is 0 Å². The van der Waals surface area contributed by atoms with Crippen LogP contribution in [0.4, 0.5) is 0 Å². The minimum absolute atomic E-state index is 0.111. The Morgan fingerprint density at radius 1 is 1.25 bits per heavy atom. The third-order valence-corrected chi connectivity index (χ3v) is 4.39. The molecule has 2 rings (SSSR count). The lowest BCUT2D eigenvalue weighted by molar-refractivity contribution is 0.603. The highest BCUT2D eigenvalue weighted by atomic mass is 32.2. The van der Waals surface area contributed by atoms with E-state index in [4.69, 9.17) is 5.26 Å². The number of nitriles is 1. The smallest absolute Gasteiger partial charge is 0.216 e. The van der Waals surface area contributed by atoms with E-state index in [2.05, 4.69) is 4.98 Å². The van der Waals surface area contributed by atoms with E-state index in [0.29, 0.717) is 5.56 Å². The summed E-state index contributed by atoms with van der Waals surface area (Å²) in [5.74, 6) is 0. The molecule has 0 fully saturated rings. The predicted octanol–water partition coefficient (Wildman–Crippen LogP) is 2.73. The Kier molecular flexibility index (Phi) is 3.97. The molecule has 0 unspecified atom stereocenters. The van der Waals surface area contributed by atoms with E-state index in [-0.39, 0.29) is 9.80 Å². The normalized spacial score (nSPS) is 11.9. The summed E-state index contributed by atoms with van der Waals surface area (Å²) in [7, 11) is -3.79. The average Bonchev–Trinajstić information content (AvgIpc) is 2.46. The van der Waals surface area contributed by atoms with E-state index in [0.717, 1.165) is 5.56 Å². The van der Waals surface area contributed by atoms with Crippen molar-refractivity contribution in [3.8, 4) is 6.07 Å². The van der Waals surface area contributed by atoms with Crippen molar-refractivity contribution < 1.29 is 8.42 Å². The Morgan fingerprint density at radius 3 is 2.50 bits per heavy atom. The van der Waals surface area contributed by atoms with Crippen molar-refractivity contribution in [2.24, 2.45) is 0 Å². The molecule has 1 aromatic heterocycles. The Balaban J connectivity index is 2.49. The molecule has 0 bridgehead atoms. The highest BCUT2D eigenvalue weighted by molar-refractivity contribution is 7.95. The maximum atomic E-state index is 12.4. The molecule has 0 amide bonds. The van der Waals surface area contributed by atoms with Gasteiger partial charge in [-0.05, 0) is 36.8 Å². The second-order valence-electron chi connectivity index (χ2n) is 4.22. The van der Waals surface area contributed by atoms with Crippen LogP contribution in [0.2, 0.25) is 0 Å². The molecule has 0 saturated heterocycles. The molecule has 0 radical (unpaired) electrons. The molecular weight excluding hydrogens is 272 g/mol. The monoisotopic (exact) mass is 284 g/mol. The van der Waals surface area contributed by atoms with E-state index in [1.54, 1.807) is 36.5 Å². The summed E-state index contributed by atoms with van der Waals surface area (Å²) >= 11 is 0. The molecule has 0 spiro atoms. The Morgan fingerprint density at radius 2 is 1.95 bits per heavy atom. The van der Waals surface area contributed by atoms with Crippen LogP contribution < -0.4 is 0 Å². The Bertz CT molecular complexity index is 771. The third kappa shape index (κ3) is 2.92. The summed E-state index contributed by atoms with van der Waals surface area (Å²) in [4.78, 5) is 3.70. The van der Waals surface area contributed by atoms with Crippen molar-refractivity contribution >= 4 is 15.9 Å². The van der Waals surface area contributed by atoms with E-state index >= 15 is 0 Å². The summed E-state index contributed by atoms with van der Waals surface area (Å²) in [5, 5.41) is 9.12. The maximum absolute atomic E-state index is 12.4. The van der Waals surface area contributed by atoms with E-state index in [9.17, 15) is 8.42 Å². The molecule has 0 aliphatic carbocycles. The zero-order valence-corrected chi connectivity index (χ0v) is 11.6. The molecule has 2 aromatic rings. The molecular formula is C15H12N2O2S. The van der Waals surface area contributed by atoms with Crippen LogP contribution in [0.15, 0.2) is 58.6 Å². The number of benzene rings is 1.